The Bertz CT molecular complexity index is 1880. The summed E-state index contributed by atoms with van der Waals surface area (Å²) in [5.74, 6) is 4.00. The first-order chi connectivity index (χ1) is 39.3. The number of carbonyl (C=O) groups is 3. The molecule has 4 aliphatic carbocycles. The predicted octanol–water partition coefficient (Wildman–Crippen LogP) is 9.20. The summed E-state index contributed by atoms with van der Waals surface area (Å²) in [4.78, 5) is 37.0. The number of nitrogens with one attached hydrogen (secondary N) is 2. The third kappa shape index (κ3) is 18.1. The molecule has 4 aliphatic heterocycles. The van der Waals surface area contributed by atoms with Crippen LogP contribution in [-0.4, -0.2) is 184 Å². The molecule has 0 aromatic heterocycles. The molecular formula is C62H106N2O16S. The number of esters is 2. The highest BCUT2D eigenvalue weighted by Crippen LogP contribution is 2.69. The lowest BCUT2D eigenvalue weighted by Crippen LogP contribution is -2.60. The van der Waals surface area contributed by atoms with Gasteiger partial charge in [-0.3, -0.25) is 9.59 Å². The number of thioether (sulfide) groups is 1. The number of hydrogen-bond acceptors (Lipinski definition) is 17. The molecule has 18 nitrogen and oxygen atoms in total. The van der Waals surface area contributed by atoms with Gasteiger partial charge in [0.15, 0.2) is 12.6 Å². The Morgan fingerprint density at radius 3 is 1.69 bits per heavy atom. The Morgan fingerprint density at radius 1 is 0.593 bits per heavy atom. The second kappa shape index (κ2) is 32.7. The van der Waals surface area contributed by atoms with Crippen molar-refractivity contribution in [3.63, 3.8) is 0 Å². The lowest BCUT2D eigenvalue weighted by Gasteiger charge is -2.63. The van der Waals surface area contributed by atoms with Crippen molar-refractivity contribution in [3.05, 3.63) is 0 Å². The zero-order chi connectivity index (χ0) is 57.0. The van der Waals surface area contributed by atoms with Crippen molar-refractivity contribution in [3.8, 4) is 0 Å². The van der Waals surface area contributed by atoms with Crippen LogP contribution in [0.4, 0.5) is 4.79 Å². The van der Waals surface area contributed by atoms with Gasteiger partial charge < -0.3 is 72.2 Å². The third-order valence-corrected chi connectivity index (χ3v) is 22.4. The molecule has 0 bridgehead atoms. The maximum atomic E-state index is 13.0. The summed E-state index contributed by atoms with van der Waals surface area (Å²) < 4.78 is 76.1. The van der Waals surface area contributed by atoms with Gasteiger partial charge in [0.25, 0.3) is 0 Å². The van der Waals surface area contributed by atoms with Crippen LogP contribution >= 0.6 is 11.8 Å². The van der Waals surface area contributed by atoms with E-state index in [2.05, 4.69) is 45.3 Å². The van der Waals surface area contributed by atoms with Crippen molar-refractivity contribution in [2.45, 2.75) is 204 Å². The predicted molar refractivity (Wildman–Crippen MR) is 307 cm³/mol. The van der Waals surface area contributed by atoms with Crippen LogP contribution in [0.3, 0.4) is 0 Å². The number of unbranched alkanes of at least 4 members (excludes halogenated alkanes) is 1. The number of hydrogen-bond donors (Lipinski definition) is 2. The molecule has 4 saturated heterocycles. The monoisotopic (exact) mass is 1170 g/mol. The molecule has 19 heteroatoms. The molecule has 8 aliphatic rings. The molecule has 0 aromatic carbocycles. The third-order valence-electron chi connectivity index (χ3n) is 20.6. The smallest absolute Gasteiger partial charge is 0.315 e. The SMILES string of the molecule is C[C@H](CCC(=O)OCCOCCOCCOCCOCCOCCOCCOCCOC(=O)CCCC[C@@H]1SC[C@]2(C)NC(=O)N[C@]12C)[C@H]1CC[C@H]2[C@@H]3[C@@H](OC4CCCCO4)C[C@@H]4C[C@H](OC5CCCCO5)CC[C@]4(C)[C@H]3CC[C@]12C. The van der Waals surface area contributed by atoms with E-state index in [4.69, 9.17) is 61.6 Å². The molecule has 2 unspecified atom stereocenters. The summed E-state index contributed by atoms with van der Waals surface area (Å²) in [5.41, 5.74) is 0.0453. The fraction of sp³-hybridized carbons (Fsp3) is 0.952. The number of carbonyl (C=O) groups excluding carboxylic acids is 3. The van der Waals surface area contributed by atoms with Gasteiger partial charge >= 0.3 is 18.0 Å². The summed E-state index contributed by atoms with van der Waals surface area (Å²) in [6.45, 7) is 20.0. The number of urea groups is 1. The highest BCUT2D eigenvalue weighted by atomic mass is 32.2. The fourth-order valence-corrected chi connectivity index (χ4v) is 17.7. The quantitative estimate of drug-likeness (QED) is 0.0258. The lowest BCUT2D eigenvalue weighted by molar-refractivity contribution is -0.258. The van der Waals surface area contributed by atoms with E-state index in [0.717, 1.165) is 89.6 Å². The Kier molecular flexibility index (Phi) is 26.3. The number of ether oxygens (including phenoxy) is 13. The Labute approximate surface area is 489 Å². The average Bonchev–Trinajstić information content (AvgIpc) is 4.03. The van der Waals surface area contributed by atoms with Crippen molar-refractivity contribution >= 4 is 29.7 Å². The van der Waals surface area contributed by atoms with E-state index in [1.807, 2.05) is 11.8 Å². The summed E-state index contributed by atoms with van der Waals surface area (Å²) in [7, 11) is 0. The largest absolute Gasteiger partial charge is 0.463 e. The molecular weight excluding hydrogens is 1060 g/mol. The van der Waals surface area contributed by atoms with Crippen LogP contribution in [0.25, 0.3) is 0 Å². The Balaban J connectivity index is 0.572. The highest BCUT2D eigenvalue weighted by Gasteiger charge is 2.64. The van der Waals surface area contributed by atoms with E-state index in [1.165, 1.54) is 44.9 Å². The van der Waals surface area contributed by atoms with Crippen LogP contribution in [0.1, 0.15) is 163 Å². The van der Waals surface area contributed by atoms with E-state index >= 15 is 0 Å². The molecule has 466 valence electrons. The molecule has 8 fully saturated rings. The molecule has 0 spiro atoms. The van der Waals surface area contributed by atoms with Gasteiger partial charge in [-0.05, 0) is 169 Å². The number of amides is 2. The number of fused-ring (bicyclic) bond motifs is 6. The maximum Gasteiger partial charge on any atom is 0.315 e. The van der Waals surface area contributed by atoms with Crippen LogP contribution < -0.4 is 10.6 Å². The fourth-order valence-electron chi connectivity index (χ4n) is 15.8. The molecule has 4 heterocycles. The lowest BCUT2D eigenvalue weighted by atomic mass is 9.43. The summed E-state index contributed by atoms with van der Waals surface area (Å²) in [6.07, 6.45) is 21.0. The second-order valence-corrected chi connectivity index (χ2v) is 26.8. The number of rotatable bonds is 37. The van der Waals surface area contributed by atoms with Gasteiger partial charge in [-0.15, -0.1) is 0 Å². The van der Waals surface area contributed by atoms with Crippen molar-refractivity contribution in [1.29, 1.82) is 0 Å². The van der Waals surface area contributed by atoms with E-state index in [9.17, 15) is 14.4 Å². The van der Waals surface area contributed by atoms with Gasteiger partial charge in [0, 0.05) is 37.1 Å². The first-order valence-corrected chi connectivity index (χ1v) is 33.0. The van der Waals surface area contributed by atoms with Gasteiger partial charge in [0.1, 0.15) is 13.2 Å². The van der Waals surface area contributed by atoms with Crippen LogP contribution in [0.15, 0.2) is 0 Å². The molecule has 0 radical (unpaired) electrons. The van der Waals surface area contributed by atoms with Crippen molar-refractivity contribution in [2.24, 2.45) is 46.3 Å². The van der Waals surface area contributed by atoms with Crippen LogP contribution in [-0.2, 0) is 71.2 Å². The van der Waals surface area contributed by atoms with Gasteiger partial charge in [0.2, 0.25) is 0 Å². The molecule has 81 heavy (non-hydrogen) atoms. The summed E-state index contributed by atoms with van der Waals surface area (Å²) in [6, 6.07) is -0.0943. The first-order valence-electron chi connectivity index (χ1n) is 31.9. The Morgan fingerprint density at radius 2 is 1.12 bits per heavy atom. The molecule has 8 rings (SSSR count). The van der Waals surface area contributed by atoms with Crippen LogP contribution in [0.2, 0.25) is 0 Å². The van der Waals surface area contributed by atoms with E-state index < -0.39 is 0 Å². The van der Waals surface area contributed by atoms with Gasteiger partial charge in [-0.2, -0.15) is 11.8 Å². The van der Waals surface area contributed by atoms with E-state index in [-0.39, 0.29) is 72.5 Å². The van der Waals surface area contributed by atoms with E-state index in [1.54, 1.807) is 0 Å². The minimum Gasteiger partial charge on any atom is -0.463 e. The van der Waals surface area contributed by atoms with Crippen molar-refractivity contribution in [2.75, 3.05) is 125 Å². The highest BCUT2D eigenvalue weighted by molar-refractivity contribution is 8.00. The van der Waals surface area contributed by atoms with Gasteiger partial charge in [0.05, 0.1) is 116 Å². The average molecular weight is 1170 g/mol. The minimum atomic E-state index is -0.271. The minimum absolute atomic E-state index is 0.0298. The summed E-state index contributed by atoms with van der Waals surface area (Å²) >= 11 is 1.89. The Hall–Kier alpha value is -1.88. The van der Waals surface area contributed by atoms with Crippen LogP contribution in [0.5, 0.6) is 0 Å². The maximum absolute atomic E-state index is 13.0. The van der Waals surface area contributed by atoms with E-state index in [0.29, 0.717) is 152 Å². The van der Waals surface area contributed by atoms with Crippen molar-refractivity contribution in [1.82, 2.24) is 10.6 Å². The summed E-state index contributed by atoms with van der Waals surface area (Å²) in [5, 5.41) is 6.51. The van der Waals surface area contributed by atoms with Gasteiger partial charge in [-0.1, -0.05) is 27.2 Å². The normalized spacial score (nSPS) is 35.7. The van der Waals surface area contributed by atoms with Crippen LogP contribution in [0, 0.1) is 46.3 Å². The molecule has 2 N–H and O–H groups in total. The zero-order valence-corrected chi connectivity index (χ0v) is 51.2. The van der Waals surface area contributed by atoms with Gasteiger partial charge in [-0.25, -0.2) is 4.79 Å². The molecule has 4 saturated carbocycles. The topological polar surface area (TPSA) is 195 Å². The van der Waals surface area contributed by atoms with Crippen molar-refractivity contribution < 1.29 is 76.0 Å². The standard InChI is InChI=1S/C62H106N2O16S/c1-45(48-17-18-49-57-50(21-23-60(48,49)3)59(2)22-20-47(79-55-14-8-10-24-77-55)42-46(59)43-51(57)80-56-15-9-11-25-78-56)16-19-54(66)76-41-39-74-37-35-72-33-31-70-29-27-68-26-28-69-30-32-71-34-36-73-38-40-75-53(65)13-7-6-12-52-62(5)61(4,44-81-52)63-58(67)64-62/h45-52,55-57H,6-44H2,1-5H3,(H2,63,64,67)/t45-,46+,47-,48-,49+,50+,51+,52+,55?,56?,57+,59+,60-,61+,62-/m1/s1. The molecule has 15 atom stereocenters. The molecule has 2 amide bonds. The first kappa shape index (κ1) is 65.1. The second-order valence-electron chi connectivity index (χ2n) is 25.7. The zero-order valence-electron chi connectivity index (χ0n) is 50.4. The molecule has 0 aromatic rings.